The molecule has 2 heterocycles. The second-order valence-electron chi connectivity index (χ2n) is 10.0. The highest BCUT2D eigenvalue weighted by atomic mass is 19.1. The van der Waals surface area contributed by atoms with Gasteiger partial charge in [-0.25, -0.2) is 17.6 Å². The SMILES string of the molecule is ON=C1C2C(c3cccc(F)c3)NC(c3cccc(F)c3)C1C(c1cccc(F)c1)NC2c1cccc(F)c1. The summed E-state index contributed by atoms with van der Waals surface area (Å²) in [6.45, 7) is 0. The summed E-state index contributed by atoms with van der Waals surface area (Å²) in [5, 5.41) is 21.5. The Morgan fingerprint density at radius 2 is 0.769 bits per heavy atom. The molecule has 0 spiro atoms. The standard InChI is InChI=1S/C31H25F4N3O/c32-21-9-1-5-17(13-21)27-25-28(18-6-2-10-22(33)14-18)37-30(20-8-4-12-24(35)16-20)26(31(25)38-39)29(36-27)19-7-3-11-23(34)15-19/h1-16,25-30,36-37,39H. The molecule has 2 aliphatic heterocycles. The summed E-state index contributed by atoms with van der Waals surface area (Å²) in [5.74, 6) is -2.93. The van der Waals surface area contributed by atoms with E-state index >= 15 is 0 Å². The summed E-state index contributed by atoms with van der Waals surface area (Å²) in [6, 6.07) is 22.0. The molecule has 39 heavy (non-hydrogen) atoms. The third-order valence-electron chi connectivity index (χ3n) is 7.78. The van der Waals surface area contributed by atoms with Crippen molar-refractivity contribution < 1.29 is 22.8 Å². The minimum Gasteiger partial charge on any atom is -0.411 e. The van der Waals surface area contributed by atoms with E-state index in [1.807, 2.05) is 0 Å². The lowest BCUT2D eigenvalue weighted by Crippen LogP contribution is -2.60. The second kappa shape index (κ2) is 10.3. The lowest BCUT2D eigenvalue weighted by molar-refractivity contribution is 0.149. The molecule has 4 atom stereocenters. The smallest absolute Gasteiger partial charge is 0.123 e. The van der Waals surface area contributed by atoms with E-state index in [-0.39, 0.29) is 0 Å². The maximum atomic E-state index is 14.4. The zero-order chi connectivity index (χ0) is 27.1. The lowest BCUT2D eigenvalue weighted by Gasteiger charge is -2.54. The van der Waals surface area contributed by atoms with Crippen LogP contribution in [0.2, 0.25) is 0 Å². The molecule has 4 unspecified atom stereocenters. The van der Waals surface area contributed by atoms with Crippen LogP contribution in [0, 0.1) is 35.1 Å². The van der Waals surface area contributed by atoms with E-state index in [9.17, 15) is 22.8 Å². The Labute approximate surface area is 223 Å². The highest BCUT2D eigenvalue weighted by molar-refractivity contribution is 5.93. The molecule has 0 amide bonds. The van der Waals surface area contributed by atoms with Crippen LogP contribution in [0.15, 0.2) is 102 Å². The van der Waals surface area contributed by atoms with Crippen LogP contribution in [-0.4, -0.2) is 10.9 Å². The third-order valence-corrected chi connectivity index (χ3v) is 7.78. The summed E-state index contributed by atoms with van der Waals surface area (Å²) in [4.78, 5) is 0. The van der Waals surface area contributed by atoms with E-state index < -0.39 is 59.3 Å². The average molecular weight is 532 g/mol. The fourth-order valence-electron chi connectivity index (χ4n) is 6.24. The van der Waals surface area contributed by atoms with Gasteiger partial charge in [0.05, 0.1) is 5.71 Å². The van der Waals surface area contributed by atoms with Crippen molar-refractivity contribution >= 4 is 5.71 Å². The number of piperidine rings is 2. The van der Waals surface area contributed by atoms with Crippen LogP contribution in [0.3, 0.4) is 0 Å². The van der Waals surface area contributed by atoms with Crippen molar-refractivity contribution in [1.82, 2.24) is 10.6 Å². The van der Waals surface area contributed by atoms with Gasteiger partial charge in [0.1, 0.15) is 23.3 Å². The molecule has 198 valence electrons. The Hall–Kier alpha value is -4.01. The maximum Gasteiger partial charge on any atom is 0.123 e. The highest BCUT2D eigenvalue weighted by Gasteiger charge is 2.54. The van der Waals surface area contributed by atoms with Crippen LogP contribution < -0.4 is 10.6 Å². The van der Waals surface area contributed by atoms with E-state index in [1.54, 1.807) is 48.5 Å². The predicted octanol–water partition coefficient (Wildman–Crippen LogP) is 6.78. The monoisotopic (exact) mass is 531 g/mol. The summed E-state index contributed by atoms with van der Waals surface area (Å²) in [5.41, 5.74) is 2.74. The first-order chi connectivity index (χ1) is 18.9. The molecule has 4 aromatic carbocycles. The molecule has 4 nitrogen and oxygen atoms in total. The van der Waals surface area contributed by atoms with Crippen LogP contribution in [0.25, 0.3) is 0 Å². The van der Waals surface area contributed by atoms with Gasteiger partial charge in [0.15, 0.2) is 0 Å². The summed E-state index contributed by atoms with van der Waals surface area (Å²) >= 11 is 0. The first-order valence-corrected chi connectivity index (χ1v) is 12.7. The van der Waals surface area contributed by atoms with Crippen LogP contribution in [0.5, 0.6) is 0 Å². The van der Waals surface area contributed by atoms with Crippen molar-refractivity contribution in [2.24, 2.45) is 17.0 Å². The normalized spacial score (nSPS) is 26.3. The van der Waals surface area contributed by atoms with E-state index in [0.29, 0.717) is 28.0 Å². The molecule has 4 aromatic rings. The number of rotatable bonds is 4. The summed E-state index contributed by atoms with van der Waals surface area (Å²) < 4.78 is 57.7. The van der Waals surface area contributed by atoms with E-state index in [2.05, 4.69) is 15.8 Å². The topological polar surface area (TPSA) is 56.7 Å². The van der Waals surface area contributed by atoms with Gasteiger partial charge < -0.3 is 15.8 Å². The largest absolute Gasteiger partial charge is 0.411 e. The second-order valence-corrected chi connectivity index (χ2v) is 10.0. The van der Waals surface area contributed by atoms with Crippen LogP contribution in [0.4, 0.5) is 17.6 Å². The quantitative estimate of drug-likeness (QED) is 0.155. The minimum absolute atomic E-state index is 0.375. The van der Waals surface area contributed by atoms with E-state index in [4.69, 9.17) is 0 Å². The molecule has 3 N–H and O–H groups in total. The molecular formula is C31H25F4N3O. The number of nitrogens with zero attached hydrogens (tertiary/aromatic N) is 1. The van der Waals surface area contributed by atoms with Gasteiger partial charge in [0, 0.05) is 36.0 Å². The van der Waals surface area contributed by atoms with Gasteiger partial charge >= 0.3 is 0 Å². The van der Waals surface area contributed by atoms with Crippen molar-refractivity contribution in [2.45, 2.75) is 24.2 Å². The molecule has 2 fully saturated rings. The number of oxime groups is 1. The molecule has 8 heteroatoms. The number of hydrogen-bond acceptors (Lipinski definition) is 4. The highest BCUT2D eigenvalue weighted by Crippen LogP contribution is 2.52. The van der Waals surface area contributed by atoms with Gasteiger partial charge in [-0.3, -0.25) is 0 Å². The zero-order valence-electron chi connectivity index (χ0n) is 20.6. The average Bonchev–Trinajstić information content (AvgIpc) is 2.93. The molecule has 0 saturated carbocycles. The fourth-order valence-corrected chi connectivity index (χ4v) is 6.24. The Kier molecular flexibility index (Phi) is 6.66. The Morgan fingerprint density at radius 1 is 0.487 bits per heavy atom. The van der Waals surface area contributed by atoms with Gasteiger partial charge in [-0.1, -0.05) is 53.7 Å². The van der Waals surface area contributed by atoms with Gasteiger partial charge in [-0.15, -0.1) is 0 Å². The molecule has 2 saturated heterocycles. The number of benzene rings is 4. The molecule has 0 radical (unpaired) electrons. The molecule has 6 rings (SSSR count). The van der Waals surface area contributed by atoms with Crippen LogP contribution in [-0.2, 0) is 0 Å². The van der Waals surface area contributed by atoms with E-state index in [1.165, 1.54) is 48.5 Å². The Balaban J connectivity index is 1.57. The third kappa shape index (κ3) is 4.70. The first-order valence-electron chi connectivity index (χ1n) is 12.7. The van der Waals surface area contributed by atoms with Crippen LogP contribution in [0.1, 0.15) is 46.4 Å². The zero-order valence-corrected chi connectivity index (χ0v) is 20.6. The fraction of sp³-hybridized carbons (Fsp3) is 0.194. The van der Waals surface area contributed by atoms with Crippen molar-refractivity contribution in [3.63, 3.8) is 0 Å². The molecule has 2 aliphatic rings. The number of halogens is 4. The van der Waals surface area contributed by atoms with Gasteiger partial charge in [0.25, 0.3) is 0 Å². The summed E-state index contributed by atoms with van der Waals surface area (Å²) in [7, 11) is 0. The number of fused-ring (bicyclic) bond motifs is 2. The lowest BCUT2D eigenvalue weighted by atomic mass is 9.63. The molecule has 2 bridgehead atoms. The van der Waals surface area contributed by atoms with E-state index in [0.717, 1.165) is 0 Å². The number of hydrogen-bond donors (Lipinski definition) is 3. The molecule has 0 aromatic heterocycles. The van der Waals surface area contributed by atoms with Gasteiger partial charge in [-0.2, -0.15) is 0 Å². The predicted molar refractivity (Wildman–Crippen MR) is 139 cm³/mol. The Morgan fingerprint density at radius 3 is 1.00 bits per heavy atom. The van der Waals surface area contributed by atoms with Crippen molar-refractivity contribution in [1.29, 1.82) is 0 Å². The van der Waals surface area contributed by atoms with Crippen molar-refractivity contribution in [3.8, 4) is 0 Å². The summed E-state index contributed by atoms with van der Waals surface area (Å²) in [6.07, 6.45) is 0. The van der Waals surface area contributed by atoms with Crippen LogP contribution >= 0.6 is 0 Å². The molecular weight excluding hydrogens is 506 g/mol. The van der Waals surface area contributed by atoms with Gasteiger partial charge in [0.2, 0.25) is 0 Å². The number of nitrogens with one attached hydrogen (secondary N) is 2. The maximum absolute atomic E-state index is 14.4. The van der Waals surface area contributed by atoms with Crippen molar-refractivity contribution in [2.75, 3.05) is 0 Å². The Bertz CT molecular complexity index is 1330. The molecule has 0 aliphatic carbocycles. The van der Waals surface area contributed by atoms with Gasteiger partial charge in [-0.05, 0) is 70.8 Å². The minimum atomic E-state index is -0.592. The first kappa shape index (κ1) is 25.3. The van der Waals surface area contributed by atoms with Crippen molar-refractivity contribution in [3.05, 3.63) is 143 Å².